The van der Waals surface area contributed by atoms with Gasteiger partial charge in [0.2, 0.25) is 5.91 Å². The van der Waals surface area contributed by atoms with Crippen molar-refractivity contribution >= 4 is 31.2 Å². The Morgan fingerprint density at radius 3 is 1.60 bits per heavy atom. The Bertz CT molecular complexity index is 352. The normalized spacial score (nSPS) is 12.2. The van der Waals surface area contributed by atoms with Gasteiger partial charge >= 0.3 is 0 Å². The molecule has 0 spiro atoms. The number of nitrogens with one attached hydrogen (secondary N) is 1. The first kappa shape index (κ1) is 30.2. The van der Waals surface area contributed by atoms with Crippen molar-refractivity contribution in [3.05, 3.63) is 0 Å². The molecule has 1 N–H and O–H groups in total. The highest BCUT2D eigenvalue weighted by molar-refractivity contribution is 7.81. The predicted octanol–water partition coefficient (Wildman–Crippen LogP) is 8.54. The molecule has 180 valence electrons. The first-order valence-corrected chi connectivity index (χ1v) is 14.4. The summed E-state index contributed by atoms with van der Waals surface area (Å²) in [5, 5.41) is 3.52. The molecule has 0 aromatic carbocycles. The lowest BCUT2D eigenvalue weighted by Gasteiger charge is -2.08. The molecule has 0 heterocycles. The average molecular weight is 460 g/mol. The molecule has 0 aromatic heterocycles. The van der Waals surface area contributed by atoms with Gasteiger partial charge < -0.3 is 5.32 Å². The maximum Gasteiger partial charge on any atom is 0.219 e. The molecule has 0 aliphatic rings. The molecule has 0 rings (SSSR count). The van der Waals surface area contributed by atoms with Crippen molar-refractivity contribution in [3.63, 3.8) is 0 Å². The molecule has 0 saturated carbocycles. The fourth-order valence-corrected chi connectivity index (χ4v) is 4.78. The van der Waals surface area contributed by atoms with E-state index in [0.29, 0.717) is 11.7 Å². The van der Waals surface area contributed by atoms with E-state index in [4.69, 9.17) is 0 Å². The van der Waals surface area contributed by atoms with E-state index in [1.54, 1.807) is 0 Å². The van der Waals surface area contributed by atoms with E-state index in [1.165, 1.54) is 96.3 Å². The van der Waals surface area contributed by atoms with Gasteiger partial charge in [0.05, 0.1) is 0 Å². The van der Waals surface area contributed by atoms with E-state index in [1.807, 2.05) is 0 Å². The standard InChI is InChI=1S/C26H53NOS2/c1-2-3-4-5-6-7-8-9-10-11-12-13-14-15-16-19-23-27-26(28)21-18-17-20-25(30)22-24-29/h25,29-30H,2-24H2,1H3,(H,27,28). The quantitative estimate of drug-likeness (QED) is 0.0979. The summed E-state index contributed by atoms with van der Waals surface area (Å²) in [6.07, 6.45) is 27.1. The topological polar surface area (TPSA) is 29.1 Å². The van der Waals surface area contributed by atoms with Crippen LogP contribution in [-0.4, -0.2) is 23.5 Å². The van der Waals surface area contributed by atoms with Gasteiger partial charge in [-0.1, -0.05) is 110 Å². The summed E-state index contributed by atoms with van der Waals surface area (Å²) >= 11 is 8.76. The molecule has 0 aliphatic heterocycles. The lowest BCUT2D eigenvalue weighted by molar-refractivity contribution is -0.121. The maximum absolute atomic E-state index is 11.8. The fourth-order valence-electron chi connectivity index (χ4n) is 3.95. The van der Waals surface area contributed by atoms with E-state index in [0.717, 1.165) is 44.4 Å². The minimum absolute atomic E-state index is 0.223. The lowest BCUT2D eigenvalue weighted by Crippen LogP contribution is -2.24. The molecule has 0 fully saturated rings. The molecule has 1 unspecified atom stereocenters. The van der Waals surface area contributed by atoms with Crippen LogP contribution in [0.2, 0.25) is 0 Å². The Labute approximate surface area is 200 Å². The zero-order valence-corrected chi connectivity index (χ0v) is 21.9. The average Bonchev–Trinajstić information content (AvgIpc) is 2.73. The smallest absolute Gasteiger partial charge is 0.219 e. The fraction of sp³-hybridized carbons (Fsp3) is 0.962. The number of carbonyl (C=O) groups excluding carboxylic acids is 1. The van der Waals surface area contributed by atoms with Crippen LogP contribution in [0.3, 0.4) is 0 Å². The Morgan fingerprint density at radius 1 is 0.667 bits per heavy atom. The third-order valence-corrected chi connectivity index (χ3v) is 6.78. The Hall–Kier alpha value is 0.170. The highest BCUT2D eigenvalue weighted by Gasteiger charge is 2.04. The van der Waals surface area contributed by atoms with Gasteiger partial charge in [-0.3, -0.25) is 4.79 Å². The third kappa shape index (κ3) is 24.4. The molecule has 30 heavy (non-hydrogen) atoms. The van der Waals surface area contributed by atoms with E-state index >= 15 is 0 Å². The van der Waals surface area contributed by atoms with Gasteiger partial charge in [-0.15, -0.1) is 0 Å². The van der Waals surface area contributed by atoms with E-state index < -0.39 is 0 Å². The first-order valence-electron chi connectivity index (χ1n) is 13.3. The highest BCUT2D eigenvalue weighted by Crippen LogP contribution is 2.14. The van der Waals surface area contributed by atoms with Crippen molar-refractivity contribution in [3.8, 4) is 0 Å². The van der Waals surface area contributed by atoms with Crippen molar-refractivity contribution in [2.45, 2.75) is 147 Å². The number of carbonyl (C=O) groups is 1. The summed E-state index contributed by atoms with van der Waals surface area (Å²) in [7, 11) is 0. The summed E-state index contributed by atoms with van der Waals surface area (Å²) in [6, 6.07) is 0. The SMILES string of the molecule is CCCCCCCCCCCCCCCCCCNC(=O)CCCCC(S)CCS. The zero-order valence-electron chi connectivity index (χ0n) is 20.1. The Kier molecular flexibility index (Phi) is 25.6. The van der Waals surface area contributed by atoms with Crippen LogP contribution < -0.4 is 5.32 Å². The van der Waals surface area contributed by atoms with E-state index in [-0.39, 0.29) is 5.91 Å². The van der Waals surface area contributed by atoms with Gasteiger partial charge in [-0.2, -0.15) is 25.3 Å². The lowest BCUT2D eigenvalue weighted by atomic mass is 10.0. The van der Waals surface area contributed by atoms with Crippen molar-refractivity contribution in [2.24, 2.45) is 0 Å². The Balaban J connectivity index is 3.16. The first-order chi connectivity index (χ1) is 14.7. The van der Waals surface area contributed by atoms with Crippen LogP contribution in [-0.2, 0) is 4.79 Å². The van der Waals surface area contributed by atoms with Crippen LogP contribution in [0.4, 0.5) is 0 Å². The third-order valence-electron chi connectivity index (χ3n) is 6.01. The maximum atomic E-state index is 11.8. The predicted molar refractivity (Wildman–Crippen MR) is 142 cm³/mol. The monoisotopic (exact) mass is 459 g/mol. The number of thiol groups is 2. The summed E-state index contributed by atoms with van der Waals surface area (Å²) < 4.78 is 0. The van der Waals surface area contributed by atoms with Gasteiger partial charge in [-0.25, -0.2) is 0 Å². The molecule has 0 aromatic rings. The minimum atomic E-state index is 0.223. The number of hydrogen-bond acceptors (Lipinski definition) is 3. The van der Waals surface area contributed by atoms with Gasteiger partial charge in [0, 0.05) is 18.2 Å². The summed E-state index contributed by atoms with van der Waals surface area (Å²) in [5.74, 6) is 1.12. The van der Waals surface area contributed by atoms with Crippen LogP contribution in [0.1, 0.15) is 142 Å². The molecule has 0 aliphatic carbocycles. The molecule has 0 bridgehead atoms. The van der Waals surface area contributed by atoms with Crippen LogP contribution in [0.5, 0.6) is 0 Å². The summed E-state index contributed by atoms with van der Waals surface area (Å²) in [4.78, 5) is 11.8. The van der Waals surface area contributed by atoms with Gasteiger partial charge in [-0.05, 0) is 31.4 Å². The van der Waals surface area contributed by atoms with Crippen LogP contribution in [0, 0.1) is 0 Å². The second-order valence-corrected chi connectivity index (χ2v) is 10.2. The Morgan fingerprint density at radius 2 is 1.13 bits per heavy atom. The van der Waals surface area contributed by atoms with Crippen LogP contribution in [0.25, 0.3) is 0 Å². The number of amides is 1. The number of rotatable bonds is 24. The van der Waals surface area contributed by atoms with Crippen molar-refractivity contribution in [2.75, 3.05) is 12.3 Å². The van der Waals surface area contributed by atoms with Crippen LogP contribution >= 0.6 is 25.3 Å². The minimum Gasteiger partial charge on any atom is -0.356 e. The second-order valence-electron chi connectivity index (χ2n) is 9.07. The molecule has 1 atom stereocenters. The summed E-state index contributed by atoms with van der Waals surface area (Å²) in [6.45, 7) is 3.14. The molecule has 2 nitrogen and oxygen atoms in total. The molecular formula is C26H53NOS2. The summed E-state index contributed by atoms with van der Waals surface area (Å²) in [5.41, 5.74) is 0. The molecule has 0 saturated heterocycles. The van der Waals surface area contributed by atoms with Gasteiger partial charge in [0.15, 0.2) is 0 Å². The van der Waals surface area contributed by atoms with Gasteiger partial charge in [0.25, 0.3) is 0 Å². The molecule has 4 heteroatoms. The van der Waals surface area contributed by atoms with E-state index in [9.17, 15) is 4.79 Å². The number of hydrogen-bond donors (Lipinski definition) is 3. The molecule has 0 radical (unpaired) electrons. The van der Waals surface area contributed by atoms with Crippen LogP contribution in [0.15, 0.2) is 0 Å². The molecule has 1 amide bonds. The molecular weight excluding hydrogens is 406 g/mol. The van der Waals surface area contributed by atoms with Gasteiger partial charge in [0.1, 0.15) is 0 Å². The zero-order chi connectivity index (χ0) is 22.1. The highest BCUT2D eigenvalue weighted by atomic mass is 32.1. The van der Waals surface area contributed by atoms with E-state index in [2.05, 4.69) is 37.5 Å². The van der Waals surface area contributed by atoms with Crippen molar-refractivity contribution in [1.82, 2.24) is 5.32 Å². The van der Waals surface area contributed by atoms with Crippen molar-refractivity contribution < 1.29 is 4.79 Å². The largest absolute Gasteiger partial charge is 0.356 e. The number of unbranched alkanes of at least 4 members (excludes halogenated alkanes) is 16. The van der Waals surface area contributed by atoms with Crippen molar-refractivity contribution in [1.29, 1.82) is 0 Å². The second kappa shape index (κ2) is 25.4.